The summed E-state index contributed by atoms with van der Waals surface area (Å²) in [7, 11) is 0. The van der Waals surface area contributed by atoms with E-state index >= 15 is 0 Å². The predicted molar refractivity (Wildman–Crippen MR) is 157 cm³/mol. The molecule has 1 unspecified atom stereocenters. The quantitative estimate of drug-likeness (QED) is 0.285. The maximum atomic E-state index is 12.7. The molecule has 12 heteroatoms. The smallest absolute Gasteiger partial charge is 0.251 e. The molecular formula is C30H31N7O4S. The van der Waals surface area contributed by atoms with Crippen molar-refractivity contribution in [3.63, 3.8) is 0 Å². The fourth-order valence-electron chi connectivity index (χ4n) is 5.21. The van der Waals surface area contributed by atoms with Crippen molar-refractivity contribution < 1.29 is 19.1 Å². The molecule has 11 nitrogen and oxygen atoms in total. The topological polar surface area (TPSA) is 131 Å². The standard InChI is InChI=1S/C30H31N7O4S/c38-28-6-5-27(30(40)33-28)37-18-26(34-35-37)21-15-25(42-19-21)16-29(39)32-22-3-1-20(2-4-22)17-36-13-9-24(10-14-36)41-23-7-11-31-12-8-23/h1-4,7-8,11-12,15,18-19,24,27H,5-6,9-10,13-14,16-17H2,(H,32,39)(H,33,38,40). The number of nitrogens with zero attached hydrogens (tertiary/aromatic N) is 5. The summed E-state index contributed by atoms with van der Waals surface area (Å²) in [5.41, 5.74) is 3.41. The molecule has 3 amide bonds. The largest absolute Gasteiger partial charge is 0.490 e. The van der Waals surface area contributed by atoms with Crippen molar-refractivity contribution in [3.05, 3.63) is 76.9 Å². The Morgan fingerprint density at radius 1 is 1.07 bits per heavy atom. The highest BCUT2D eigenvalue weighted by Crippen LogP contribution is 2.27. The maximum Gasteiger partial charge on any atom is 0.251 e. The molecule has 6 rings (SSSR count). The van der Waals surface area contributed by atoms with Crippen LogP contribution in [-0.4, -0.2) is 61.8 Å². The van der Waals surface area contributed by atoms with Crippen LogP contribution < -0.4 is 15.4 Å². The highest BCUT2D eigenvalue weighted by molar-refractivity contribution is 7.10. The highest BCUT2D eigenvalue weighted by atomic mass is 32.1. The lowest BCUT2D eigenvalue weighted by molar-refractivity contribution is -0.136. The van der Waals surface area contributed by atoms with Gasteiger partial charge in [-0.3, -0.25) is 29.6 Å². The molecule has 2 saturated heterocycles. The minimum atomic E-state index is -0.552. The SMILES string of the molecule is O=C1CCC(n2cc(-c3csc(CC(=O)Nc4ccc(CN5CCC(Oc6ccncc6)CC5)cc4)c3)nn2)C(=O)N1. The summed E-state index contributed by atoms with van der Waals surface area (Å²) in [5.74, 6) is 0.135. The van der Waals surface area contributed by atoms with Gasteiger partial charge in [0.05, 0.1) is 12.6 Å². The minimum absolute atomic E-state index is 0.0976. The number of aromatic nitrogens is 4. The Hall–Kier alpha value is -4.42. The number of piperidine rings is 2. The molecule has 5 heterocycles. The van der Waals surface area contributed by atoms with E-state index in [0.717, 1.165) is 54.4 Å². The van der Waals surface area contributed by atoms with Gasteiger partial charge in [-0.1, -0.05) is 17.3 Å². The van der Waals surface area contributed by atoms with E-state index in [-0.39, 0.29) is 36.7 Å². The summed E-state index contributed by atoms with van der Waals surface area (Å²) in [6.07, 6.45) is 8.30. The number of thiophene rings is 1. The molecule has 2 aliphatic rings. The molecule has 216 valence electrons. The molecule has 0 saturated carbocycles. The number of nitrogens with one attached hydrogen (secondary N) is 2. The average molecular weight is 586 g/mol. The first-order valence-electron chi connectivity index (χ1n) is 14.0. The van der Waals surface area contributed by atoms with Gasteiger partial charge in [0, 0.05) is 60.0 Å². The van der Waals surface area contributed by atoms with Gasteiger partial charge in [0.25, 0.3) is 5.91 Å². The van der Waals surface area contributed by atoms with Gasteiger partial charge in [0.15, 0.2) is 0 Å². The molecule has 1 aromatic carbocycles. The number of likely N-dealkylation sites (tertiary alicyclic amines) is 1. The number of hydrogen-bond donors (Lipinski definition) is 2. The monoisotopic (exact) mass is 585 g/mol. The molecular weight excluding hydrogens is 554 g/mol. The van der Waals surface area contributed by atoms with Gasteiger partial charge in [-0.05, 0) is 55.2 Å². The van der Waals surface area contributed by atoms with Crippen LogP contribution >= 0.6 is 11.3 Å². The lowest BCUT2D eigenvalue weighted by atomic mass is 10.1. The fraction of sp³-hybridized carbons (Fsp3) is 0.333. The second-order valence-electron chi connectivity index (χ2n) is 10.6. The molecule has 0 spiro atoms. The molecule has 0 bridgehead atoms. The van der Waals surface area contributed by atoms with Gasteiger partial charge in [0.2, 0.25) is 11.8 Å². The van der Waals surface area contributed by atoms with Gasteiger partial charge in [0.1, 0.15) is 23.6 Å². The van der Waals surface area contributed by atoms with E-state index in [1.54, 1.807) is 18.6 Å². The van der Waals surface area contributed by atoms with Gasteiger partial charge < -0.3 is 10.1 Å². The lowest BCUT2D eigenvalue weighted by Crippen LogP contribution is -2.41. The van der Waals surface area contributed by atoms with Gasteiger partial charge >= 0.3 is 0 Å². The van der Waals surface area contributed by atoms with E-state index in [9.17, 15) is 14.4 Å². The number of rotatable bonds is 9. The molecule has 2 N–H and O–H groups in total. The first-order chi connectivity index (χ1) is 20.5. The summed E-state index contributed by atoms with van der Waals surface area (Å²) >= 11 is 1.47. The summed E-state index contributed by atoms with van der Waals surface area (Å²) in [6, 6.07) is 13.2. The zero-order valence-electron chi connectivity index (χ0n) is 22.9. The Morgan fingerprint density at radius 2 is 1.86 bits per heavy atom. The zero-order valence-corrected chi connectivity index (χ0v) is 23.8. The van der Waals surface area contributed by atoms with Crippen LogP contribution in [0.2, 0.25) is 0 Å². The molecule has 42 heavy (non-hydrogen) atoms. The first kappa shape index (κ1) is 27.7. The van der Waals surface area contributed by atoms with Crippen molar-refractivity contribution in [2.75, 3.05) is 18.4 Å². The van der Waals surface area contributed by atoms with Crippen LogP contribution in [0.3, 0.4) is 0 Å². The predicted octanol–water partition coefficient (Wildman–Crippen LogP) is 3.60. The van der Waals surface area contributed by atoms with Crippen molar-refractivity contribution in [2.45, 2.75) is 50.8 Å². The molecule has 2 aliphatic heterocycles. The van der Waals surface area contributed by atoms with Crippen LogP contribution in [0.15, 0.2) is 66.4 Å². The Labute approximate surface area is 246 Å². The summed E-state index contributed by atoms with van der Waals surface area (Å²) in [5, 5.41) is 15.5. The van der Waals surface area contributed by atoms with Crippen LogP contribution in [0.25, 0.3) is 11.3 Å². The molecule has 0 radical (unpaired) electrons. The van der Waals surface area contributed by atoms with Crippen molar-refractivity contribution >= 4 is 34.7 Å². The number of ether oxygens (including phenoxy) is 1. The second-order valence-corrected chi connectivity index (χ2v) is 11.5. The van der Waals surface area contributed by atoms with Gasteiger partial charge in [-0.25, -0.2) is 4.68 Å². The fourth-order valence-corrected chi connectivity index (χ4v) is 6.09. The number of anilines is 1. The number of pyridine rings is 1. The summed E-state index contributed by atoms with van der Waals surface area (Å²) in [4.78, 5) is 43.6. The zero-order chi connectivity index (χ0) is 28.9. The van der Waals surface area contributed by atoms with Crippen LogP contribution in [0.4, 0.5) is 5.69 Å². The molecule has 2 fully saturated rings. The first-order valence-corrected chi connectivity index (χ1v) is 14.9. The second kappa shape index (κ2) is 12.6. The van der Waals surface area contributed by atoms with E-state index < -0.39 is 6.04 Å². The number of carbonyl (C=O) groups excluding carboxylic acids is 3. The van der Waals surface area contributed by atoms with E-state index in [4.69, 9.17) is 4.74 Å². The van der Waals surface area contributed by atoms with Crippen molar-refractivity contribution in [1.29, 1.82) is 0 Å². The molecule has 4 aromatic rings. The van der Waals surface area contributed by atoms with E-state index in [1.807, 2.05) is 35.7 Å². The normalized spacial score (nSPS) is 18.0. The Balaban J connectivity index is 0.960. The Kier molecular flexibility index (Phi) is 8.33. The van der Waals surface area contributed by atoms with Gasteiger partial charge in [-0.15, -0.1) is 16.4 Å². The number of amides is 3. The minimum Gasteiger partial charge on any atom is -0.490 e. The third-order valence-corrected chi connectivity index (χ3v) is 8.39. The summed E-state index contributed by atoms with van der Waals surface area (Å²) < 4.78 is 7.56. The third kappa shape index (κ3) is 6.89. The van der Waals surface area contributed by atoms with Crippen LogP contribution in [0.5, 0.6) is 5.75 Å². The average Bonchev–Trinajstić information content (AvgIpc) is 3.66. The number of carbonyl (C=O) groups is 3. The Morgan fingerprint density at radius 3 is 2.62 bits per heavy atom. The highest BCUT2D eigenvalue weighted by Gasteiger charge is 2.29. The number of hydrogen-bond acceptors (Lipinski definition) is 9. The van der Waals surface area contributed by atoms with Crippen molar-refractivity contribution in [1.82, 2.24) is 30.2 Å². The Bertz CT molecular complexity index is 1550. The number of imide groups is 1. The van der Waals surface area contributed by atoms with Crippen LogP contribution in [-0.2, 0) is 27.3 Å². The van der Waals surface area contributed by atoms with E-state index in [1.165, 1.54) is 21.6 Å². The lowest BCUT2D eigenvalue weighted by Gasteiger charge is -2.32. The third-order valence-electron chi connectivity index (χ3n) is 7.46. The van der Waals surface area contributed by atoms with Gasteiger partial charge in [-0.2, -0.15) is 0 Å². The number of benzene rings is 1. The van der Waals surface area contributed by atoms with Crippen molar-refractivity contribution in [3.8, 4) is 17.0 Å². The molecule has 0 aliphatic carbocycles. The van der Waals surface area contributed by atoms with Crippen LogP contribution in [0.1, 0.15) is 42.2 Å². The van der Waals surface area contributed by atoms with Crippen molar-refractivity contribution in [2.24, 2.45) is 0 Å². The molecule has 3 aromatic heterocycles. The van der Waals surface area contributed by atoms with Crippen LogP contribution in [0, 0.1) is 0 Å². The van der Waals surface area contributed by atoms with E-state index in [0.29, 0.717) is 12.1 Å². The molecule has 1 atom stereocenters. The summed E-state index contributed by atoms with van der Waals surface area (Å²) in [6.45, 7) is 2.82. The maximum absolute atomic E-state index is 12.7. The van der Waals surface area contributed by atoms with E-state index in [2.05, 4.69) is 43.0 Å².